The van der Waals surface area contributed by atoms with E-state index in [1.54, 1.807) is 19.1 Å². The number of benzene rings is 1. The summed E-state index contributed by atoms with van der Waals surface area (Å²) in [6.45, 7) is 2.00. The fourth-order valence-electron chi connectivity index (χ4n) is 3.62. The molecule has 2 atom stereocenters. The average Bonchev–Trinajstić information content (AvgIpc) is 2.89. The highest BCUT2D eigenvalue weighted by atomic mass is 16.7. The van der Waals surface area contributed by atoms with Crippen molar-refractivity contribution in [2.45, 2.75) is 19.4 Å². The predicted octanol–water partition coefficient (Wildman–Crippen LogP) is 1.90. The number of esters is 1. The third-order valence-electron chi connectivity index (χ3n) is 5.62. The van der Waals surface area contributed by atoms with Crippen molar-refractivity contribution in [1.82, 2.24) is 9.99 Å². The van der Waals surface area contributed by atoms with Gasteiger partial charge in [-0.2, -0.15) is 0 Å². The fourth-order valence-corrected chi connectivity index (χ4v) is 3.62. The molecule has 1 aromatic heterocycles. The number of non-ortho nitro benzene ring substituents is 1. The third kappa shape index (κ3) is 7.30. The van der Waals surface area contributed by atoms with Gasteiger partial charge in [-0.15, -0.1) is 0 Å². The smallest absolute Gasteiger partial charge is 0.486 e. The van der Waals surface area contributed by atoms with Crippen molar-refractivity contribution in [3.05, 3.63) is 63.6 Å². The Labute approximate surface area is 218 Å². The highest BCUT2D eigenvalue weighted by Crippen LogP contribution is 2.25. The molecule has 2 heterocycles. The Kier molecular flexibility index (Phi) is 9.40. The Bertz CT molecular complexity index is 1200. The molecule has 2 aromatic rings. The normalized spacial score (nSPS) is 17.6. The molecule has 3 rings (SSSR count). The van der Waals surface area contributed by atoms with Crippen molar-refractivity contribution in [3.8, 4) is 11.5 Å². The van der Waals surface area contributed by atoms with Crippen LogP contribution in [0.2, 0.25) is 0 Å². The van der Waals surface area contributed by atoms with E-state index in [1.165, 1.54) is 43.4 Å². The number of rotatable bonds is 9. The monoisotopic (exact) mass is 531 g/mol. The highest BCUT2D eigenvalue weighted by Gasteiger charge is 2.30. The minimum Gasteiger partial charge on any atom is -0.486 e. The number of hydrazine groups is 1. The molecule has 0 radical (unpaired) electrons. The Hall–Kier alpha value is -4.43. The average molecular weight is 532 g/mol. The van der Waals surface area contributed by atoms with Crippen LogP contribution in [0.1, 0.15) is 17.8 Å². The second-order valence-electron chi connectivity index (χ2n) is 8.38. The van der Waals surface area contributed by atoms with Crippen molar-refractivity contribution < 1.29 is 38.2 Å². The van der Waals surface area contributed by atoms with Crippen molar-refractivity contribution in [1.29, 1.82) is 0 Å². The third-order valence-corrected chi connectivity index (χ3v) is 5.62. The maximum Gasteiger partial charge on any atom is 0.514 e. The predicted molar refractivity (Wildman–Crippen MR) is 132 cm³/mol. The maximum absolute atomic E-state index is 12.1. The largest absolute Gasteiger partial charge is 0.514 e. The Morgan fingerprint density at radius 1 is 1.21 bits per heavy atom. The zero-order chi connectivity index (χ0) is 27.8. The first kappa shape index (κ1) is 28.1. The number of carbonyl (C=O) groups excluding carboxylic acids is 2. The van der Waals surface area contributed by atoms with E-state index in [4.69, 9.17) is 35.3 Å². The van der Waals surface area contributed by atoms with E-state index >= 15 is 0 Å². The molecule has 14 heteroatoms. The van der Waals surface area contributed by atoms with Crippen LogP contribution in [-0.4, -0.2) is 67.1 Å². The van der Waals surface area contributed by atoms with E-state index in [2.05, 4.69) is 4.98 Å². The Morgan fingerprint density at radius 2 is 1.92 bits per heavy atom. The summed E-state index contributed by atoms with van der Waals surface area (Å²) in [5, 5.41) is 11.9. The van der Waals surface area contributed by atoms with Crippen LogP contribution in [0.15, 0.2) is 42.1 Å². The van der Waals surface area contributed by atoms with E-state index in [0.29, 0.717) is 30.2 Å². The lowest BCUT2D eigenvalue weighted by Crippen LogP contribution is -2.37. The summed E-state index contributed by atoms with van der Waals surface area (Å²) >= 11 is 0. The minimum atomic E-state index is -1.06. The summed E-state index contributed by atoms with van der Waals surface area (Å²) in [4.78, 5) is 38.6. The molecule has 1 aromatic carbocycles. The van der Waals surface area contributed by atoms with Gasteiger partial charge >= 0.3 is 12.1 Å². The highest BCUT2D eigenvalue weighted by molar-refractivity contribution is 5.72. The first-order chi connectivity index (χ1) is 18.1. The number of methoxy groups -OCH3 is 1. The van der Waals surface area contributed by atoms with Crippen LogP contribution in [0.5, 0.6) is 11.5 Å². The zero-order valence-corrected chi connectivity index (χ0v) is 21.1. The summed E-state index contributed by atoms with van der Waals surface area (Å²) in [5.74, 6) is 5.70. The number of ether oxygens (including phenoxy) is 5. The van der Waals surface area contributed by atoms with E-state index < -0.39 is 17.0 Å². The molecule has 1 saturated heterocycles. The number of nitro benzene ring substituents is 1. The molecule has 2 unspecified atom stereocenters. The first-order valence-corrected chi connectivity index (χ1v) is 11.4. The number of hydrogen-bond acceptors (Lipinski definition) is 13. The van der Waals surface area contributed by atoms with Gasteiger partial charge in [0.05, 0.1) is 53.9 Å². The van der Waals surface area contributed by atoms with Gasteiger partial charge < -0.3 is 34.4 Å². The van der Waals surface area contributed by atoms with Crippen LogP contribution < -0.4 is 21.1 Å². The topological polar surface area (TPSA) is 192 Å². The van der Waals surface area contributed by atoms with Crippen molar-refractivity contribution >= 4 is 23.5 Å². The summed E-state index contributed by atoms with van der Waals surface area (Å²) in [5.41, 5.74) is 7.42. The molecule has 0 spiro atoms. The van der Waals surface area contributed by atoms with Crippen LogP contribution in [0.25, 0.3) is 5.70 Å². The standard InChI is InChI=1S/C24H29N5O9/c1-14-21(37-18-10-15(11-35-12-18)23(30)34-3)9-8-19(27-14)22(25)20(28(2)26)13-36-24(31)38-17-6-4-16(5-7-17)29(32)33/h4-9,15,18H,10-13,25-26H2,1-3H3/b22-20-. The van der Waals surface area contributed by atoms with Crippen molar-refractivity contribution in [2.75, 3.05) is 34.0 Å². The number of carbonyl (C=O) groups is 2. The summed E-state index contributed by atoms with van der Waals surface area (Å²) in [6.07, 6.45) is -0.961. The number of aryl methyl sites for hydroxylation is 1. The molecule has 0 aliphatic carbocycles. The molecule has 4 N–H and O–H groups in total. The molecular formula is C24H29N5O9. The van der Waals surface area contributed by atoms with E-state index in [1.807, 2.05) is 0 Å². The van der Waals surface area contributed by atoms with E-state index in [-0.39, 0.29) is 48.1 Å². The number of nitro groups is 1. The first-order valence-electron chi connectivity index (χ1n) is 11.4. The minimum absolute atomic E-state index is 0.0642. The zero-order valence-electron chi connectivity index (χ0n) is 21.1. The second-order valence-corrected chi connectivity index (χ2v) is 8.38. The van der Waals surface area contributed by atoms with Crippen LogP contribution in [0, 0.1) is 23.0 Å². The number of hydrogen-bond donors (Lipinski definition) is 2. The van der Waals surface area contributed by atoms with Crippen LogP contribution >= 0.6 is 0 Å². The number of nitrogens with two attached hydrogens (primary N) is 2. The van der Waals surface area contributed by atoms with Crippen molar-refractivity contribution in [2.24, 2.45) is 17.5 Å². The molecule has 1 aliphatic heterocycles. The van der Waals surface area contributed by atoms with Gasteiger partial charge in [0.15, 0.2) is 0 Å². The van der Waals surface area contributed by atoms with Gasteiger partial charge in [0.1, 0.15) is 24.2 Å². The lowest BCUT2D eigenvalue weighted by molar-refractivity contribution is -0.384. The summed E-state index contributed by atoms with van der Waals surface area (Å²) in [6, 6.07) is 8.23. The molecule has 38 heavy (non-hydrogen) atoms. The molecule has 0 bridgehead atoms. The van der Waals surface area contributed by atoms with Gasteiger partial charge in [-0.1, -0.05) is 0 Å². The lowest BCUT2D eigenvalue weighted by atomic mass is 10.0. The van der Waals surface area contributed by atoms with Gasteiger partial charge in [-0.05, 0) is 31.2 Å². The van der Waals surface area contributed by atoms with Crippen LogP contribution in [0.3, 0.4) is 0 Å². The molecule has 1 fully saturated rings. The fraction of sp³-hybridized carbons (Fsp3) is 0.375. The Balaban J connectivity index is 1.65. The molecular weight excluding hydrogens is 502 g/mol. The molecule has 14 nitrogen and oxygen atoms in total. The van der Waals surface area contributed by atoms with Gasteiger partial charge in [0, 0.05) is 25.6 Å². The van der Waals surface area contributed by atoms with Gasteiger partial charge in [-0.25, -0.2) is 15.6 Å². The van der Waals surface area contributed by atoms with Gasteiger partial charge in [-0.3, -0.25) is 14.9 Å². The van der Waals surface area contributed by atoms with E-state index in [9.17, 15) is 19.7 Å². The number of likely N-dealkylation sites (N-methyl/N-ethyl adjacent to an activating group) is 1. The molecule has 0 amide bonds. The second kappa shape index (κ2) is 12.7. The Morgan fingerprint density at radius 3 is 2.53 bits per heavy atom. The summed E-state index contributed by atoms with van der Waals surface area (Å²) < 4.78 is 26.4. The van der Waals surface area contributed by atoms with Crippen LogP contribution in [-0.2, 0) is 19.0 Å². The van der Waals surface area contributed by atoms with Crippen molar-refractivity contribution in [3.63, 3.8) is 0 Å². The quantitative estimate of drug-likeness (QED) is 0.157. The molecule has 1 aliphatic rings. The molecule has 0 saturated carbocycles. The molecule has 204 valence electrons. The number of aromatic nitrogens is 1. The van der Waals surface area contributed by atoms with Gasteiger partial charge in [0.2, 0.25) is 0 Å². The van der Waals surface area contributed by atoms with Crippen LogP contribution in [0.4, 0.5) is 10.5 Å². The number of pyridine rings is 1. The van der Waals surface area contributed by atoms with E-state index in [0.717, 1.165) is 0 Å². The summed E-state index contributed by atoms with van der Waals surface area (Å²) in [7, 11) is 2.84. The lowest BCUT2D eigenvalue weighted by Gasteiger charge is -2.28. The van der Waals surface area contributed by atoms with Gasteiger partial charge in [0.25, 0.3) is 5.69 Å². The SMILES string of the molecule is COC(=O)C1COCC(Oc2ccc(/C(N)=C(\COC(=O)Oc3ccc([N+](=O)[O-])cc3)N(C)N)nc2C)C1. The number of nitrogens with zero attached hydrogens (tertiary/aromatic N) is 3. The maximum atomic E-state index is 12.1.